The van der Waals surface area contributed by atoms with E-state index in [1.165, 1.54) is 7.11 Å². The summed E-state index contributed by atoms with van der Waals surface area (Å²) in [6.45, 7) is 2.12. The number of hydrogen-bond acceptors (Lipinski definition) is 6. The quantitative estimate of drug-likeness (QED) is 0.538. The van der Waals surface area contributed by atoms with Crippen molar-refractivity contribution in [3.63, 3.8) is 0 Å². The van der Waals surface area contributed by atoms with Gasteiger partial charge in [-0.3, -0.25) is 0 Å². The van der Waals surface area contributed by atoms with Crippen LogP contribution in [0.3, 0.4) is 0 Å². The van der Waals surface area contributed by atoms with Gasteiger partial charge in [0.1, 0.15) is 24.4 Å². The minimum absolute atomic E-state index is 0.346. The summed E-state index contributed by atoms with van der Waals surface area (Å²) in [5.74, 6) is 0. The van der Waals surface area contributed by atoms with E-state index < -0.39 is 30.7 Å². The van der Waals surface area contributed by atoms with E-state index in [9.17, 15) is 10.2 Å². The molecule has 102 valence electrons. The van der Waals surface area contributed by atoms with Crippen LogP contribution >= 0.6 is 0 Å². The standard InChI is InChI=1S/C11H22O6/c1-3-4-5-16-10-8(13)7(6-12)17-11(15-2)9(10)14/h7-14H,3-6H2,1-2H3/t7-,8+,9-,10+,11-/m1/s1. The molecule has 0 spiro atoms. The van der Waals surface area contributed by atoms with Gasteiger partial charge in [-0.15, -0.1) is 0 Å². The van der Waals surface area contributed by atoms with Gasteiger partial charge >= 0.3 is 0 Å². The van der Waals surface area contributed by atoms with E-state index in [1.54, 1.807) is 0 Å². The lowest BCUT2D eigenvalue weighted by molar-refractivity contribution is -0.301. The van der Waals surface area contributed by atoms with Crippen LogP contribution < -0.4 is 0 Å². The molecule has 0 unspecified atom stereocenters. The fraction of sp³-hybridized carbons (Fsp3) is 1.00. The lowest BCUT2D eigenvalue weighted by Crippen LogP contribution is -2.59. The lowest BCUT2D eigenvalue weighted by Gasteiger charge is -2.41. The molecule has 5 atom stereocenters. The average molecular weight is 250 g/mol. The highest BCUT2D eigenvalue weighted by molar-refractivity contribution is 4.90. The first-order valence-electron chi connectivity index (χ1n) is 5.92. The van der Waals surface area contributed by atoms with Crippen molar-refractivity contribution < 1.29 is 29.5 Å². The Morgan fingerprint density at radius 2 is 1.94 bits per heavy atom. The highest BCUT2D eigenvalue weighted by Crippen LogP contribution is 2.24. The van der Waals surface area contributed by atoms with Gasteiger partial charge in [-0.1, -0.05) is 13.3 Å². The van der Waals surface area contributed by atoms with E-state index in [2.05, 4.69) is 0 Å². The summed E-state index contributed by atoms with van der Waals surface area (Å²) in [6.07, 6.45) is -2.78. The van der Waals surface area contributed by atoms with E-state index in [-0.39, 0.29) is 6.61 Å². The minimum Gasteiger partial charge on any atom is -0.394 e. The normalized spacial score (nSPS) is 38.3. The maximum Gasteiger partial charge on any atom is 0.186 e. The molecule has 1 saturated heterocycles. The molecule has 1 aliphatic heterocycles. The smallest absolute Gasteiger partial charge is 0.186 e. The van der Waals surface area contributed by atoms with Gasteiger partial charge in [0, 0.05) is 13.7 Å². The average Bonchev–Trinajstić information content (AvgIpc) is 2.34. The van der Waals surface area contributed by atoms with Gasteiger partial charge in [0.25, 0.3) is 0 Å². The Balaban J connectivity index is 2.61. The molecule has 1 aliphatic rings. The van der Waals surface area contributed by atoms with E-state index in [4.69, 9.17) is 19.3 Å². The zero-order valence-corrected chi connectivity index (χ0v) is 10.3. The van der Waals surface area contributed by atoms with Crippen LogP contribution in [0.5, 0.6) is 0 Å². The van der Waals surface area contributed by atoms with Crippen molar-refractivity contribution in [1.82, 2.24) is 0 Å². The zero-order chi connectivity index (χ0) is 12.8. The topological polar surface area (TPSA) is 88.4 Å². The van der Waals surface area contributed by atoms with Crippen LogP contribution in [0.25, 0.3) is 0 Å². The molecule has 6 heteroatoms. The highest BCUT2D eigenvalue weighted by atomic mass is 16.7. The van der Waals surface area contributed by atoms with Crippen LogP contribution in [0.1, 0.15) is 19.8 Å². The fourth-order valence-electron chi connectivity index (χ4n) is 1.81. The van der Waals surface area contributed by atoms with Crippen LogP contribution in [-0.4, -0.2) is 66.3 Å². The molecule has 0 aliphatic carbocycles. The summed E-state index contributed by atoms with van der Waals surface area (Å²) in [6, 6.07) is 0. The number of unbranched alkanes of at least 4 members (excludes halogenated alkanes) is 1. The maximum absolute atomic E-state index is 9.90. The van der Waals surface area contributed by atoms with Gasteiger partial charge in [-0.2, -0.15) is 0 Å². The SMILES string of the molecule is CCCCO[C@H]1[C@@H](O)[C@@H](CO)O[C@@H](OC)[C@@H]1O. The van der Waals surface area contributed by atoms with Crippen LogP contribution in [0.15, 0.2) is 0 Å². The highest BCUT2D eigenvalue weighted by Gasteiger charge is 2.45. The summed E-state index contributed by atoms with van der Waals surface area (Å²) in [7, 11) is 1.39. The van der Waals surface area contributed by atoms with Gasteiger partial charge in [0.05, 0.1) is 6.61 Å². The van der Waals surface area contributed by atoms with Gasteiger partial charge in [-0.05, 0) is 6.42 Å². The Morgan fingerprint density at radius 1 is 1.24 bits per heavy atom. The summed E-state index contributed by atoms with van der Waals surface area (Å²) < 4.78 is 15.6. The fourth-order valence-corrected chi connectivity index (χ4v) is 1.81. The van der Waals surface area contributed by atoms with Crippen molar-refractivity contribution in [1.29, 1.82) is 0 Å². The van der Waals surface area contributed by atoms with Gasteiger partial charge < -0.3 is 29.5 Å². The van der Waals surface area contributed by atoms with Crippen LogP contribution in [0.2, 0.25) is 0 Å². The summed E-state index contributed by atoms with van der Waals surface area (Å²) in [4.78, 5) is 0. The predicted molar refractivity (Wildman–Crippen MR) is 59.4 cm³/mol. The molecule has 1 fully saturated rings. The number of aliphatic hydroxyl groups is 3. The van der Waals surface area contributed by atoms with Gasteiger partial charge in [0.2, 0.25) is 0 Å². The van der Waals surface area contributed by atoms with Crippen LogP contribution in [0.4, 0.5) is 0 Å². The Labute approximate surface area is 101 Å². The molecule has 0 aromatic carbocycles. The van der Waals surface area contributed by atoms with Crippen molar-refractivity contribution >= 4 is 0 Å². The van der Waals surface area contributed by atoms with Crippen LogP contribution in [-0.2, 0) is 14.2 Å². The molecule has 0 aromatic heterocycles. The van der Waals surface area contributed by atoms with E-state index in [0.29, 0.717) is 6.61 Å². The molecular weight excluding hydrogens is 228 g/mol. The molecule has 0 radical (unpaired) electrons. The second kappa shape index (κ2) is 7.25. The largest absolute Gasteiger partial charge is 0.394 e. The molecule has 17 heavy (non-hydrogen) atoms. The molecular formula is C11H22O6. The summed E-state index contributed by atoms with van der Waals surface area (Å²) in [5, 5.41) is 28.9. The number of aliphatic hydroxyl groups excluding tert-OH is 3. The second-order valence-electron chi connectivity index (χ2n) is 4.13. The van der Waals surface area contributed by atoms with Gasteiger partial charge in [-0.25, -0.2) is 0 Å². The Hall–Kier alpha value is -0.240. The molecule has 0 aromatic rings. The Morgan fingerprint density at radius 3 is 2.47 bits per heavy atom. The first kappa shape index (κ1) is 14.8. The maximum atomic E-state index is 9.90. The third-order valence-electron chi connectivity index (χ3n) is 2.86. The number of ether oxygens (including phenoxy) is 3. The van der Waals surface area contributed by atoms with Crippen molar-refractivity contribution in [3.05, 3.63) is 0 Å². The molecule has 3 N–H and O–H groups in total. The molecule has 1 rings (SSSR count). The van der Waals surface area contributed by atoms with Crippen molar-refractivity contribution in [2.45, 2.75) is 50.5 Å². The Kier molecular flexibility index (Phi) is 6.32. The number of rotatable bonds is 6. The molecule has 0 amide bonds. The molecule has 1 heterocycles. The second-order valence-corrected chi connectivity index (χ2v) is 4.13. The Bertz CT molecular complexity index is 196. The summed E-state index contributed by atoms with van der Waals surface area (Å²) in [5.41, 5.74) is 0. The van der Waals surface area contributed by atoms with E-state index >= 15 is 0 Å². The van der Waals surface area contributed by atoms with Crippen LogP contribution in [0, 0.1) is 0 Å². The van der Waals surface area contributed by atoms with Gasteiger partial charge in [0.15, 0.2) is 6.29 Å². The van der Waals surface area contributed by atoms with Crippen molar-refractivity contribution in [2.75, 3.05) is 20.3 Å². The minimum atomic E-state index is -1.06. The monoisotopic (exact) mass is 250 g/mol. The lowest BCUT2D eigenvalue weighted by atomic mass is 9.99. The first-order chi connectivity index (χ1) is 8.15. The third-order valence-corrected chi connectivity index (χ3v) is 2.86. The van der Waals surface area contributed by atoms with Crippen molar-refractivity contribution in [3.8, 4) is 0 Å². The molecule has 0 saturated carbocycles. The van der Waals surface area contributed by atoms with E-state index in [0.717, 1.165) is 12.8 Å². The zero-order valence-electron chi connectivity index (χ0n) is 10.3. The molecule has 0 bridgehead atoms. The molecule has 6 nitrogen and oxygen atoms in total. The summed E-state index contributed by atoms with van der Waals surface area (Å²) >= 11 is 0. The third kappa shape index (κ3) is 3.61. The predicted octanol–water partition coefficient (Wildman–Crippen LogP) is -0.743. The van der Waals surface area contributed by atoms with E-state index in [1.807, 2.05) is 6.92 Å². The van der Waals surface area contributed by atoms with Crippen molar-refractivity contribution in [2.24, 2.45) is 0 Å². The first-order valence-corrected chi connectivity index (χ1v) is 5.92. The number of methoxy groups -OCH3 is 1. The number of hydrogen-bond donors (Lipinski definition) is 3.